The fourth-order valence-corrected chi connectivity index (χ4v) is 7.68. The Kier molecular flexibility index (Phi) is 12.8. The van der Waals surface area contributed by atoms with Crippen molar-refractivity contribution in [1.82, 2.24) is 9.47 Å². The van der Waals surface area contributed by atoms with Crippen LogP contribution >= 0.6 is 7.82 Å². The molecule has 7 N–H and O–H groups in total. The number of piperidine rings is 1. The van der Waals surface area contributed by atoms with Crippen LogP contribution < -0.4 is 59.1 Å². The molecule has 0 bridgehead atoms. The summed E-state index contributed by atoms with van der Waals surface area (Å²) in [5.74, 6) is -0.546. The summed E-state index contributed by atoms with van der Waals surface area (Å²) in [4.78, 5) is 32.2. The van der Waals surface area contributed by atoms with Gasteiger partial charge in [-0.3, -0.25) is 9.42 Å². The number of rotatable bonds is 5. The van der Waals surface area contributed by atoms with E-state index in [1.807, 2.05) is 22.8 Å². The normalized spacial score (nSPS) is 34.5. The Labute approximate surface area is 302 Å². The number of hydrogen-bond donors (Lipinski definition) is 7. The quantitative estimate of drug-likeness (QED) is 0.0905. The number of nitrogens with zero attached hydrogens (tertiary/aromatic N) is 2. The molecule has 17 heteroatoms. The maximum Gasteiger partial charge on any atom is 1.00 e. The number of carbonyl (C=O) groups excluding carboxylic acids is 1. The molecule has 1 aromatic heterocycles. The molecule has 0 spiro atoms. The molecule has 8 atom stereocenters. The van der Waals surface area contributed by atoms with Gasteiger partial charge in [0.2, 0.25) is 5.72 Å². The molecule has 0 radical (unpaired) electrons. The van der Waals surface area contributed by atoms with Crippen molar-refractivity contribution in [1.29, 1.82) is 0 Å². The van der Waals surface area contributed by atoms with Gasteiger partial charge in [-0.2, -0.15) is 0 Å². The van der Waals surface area contributed by atoms with E-state index in [2.05, 4.69) is 27.2 Å². The molecule has 6 rings (SSSR count). The fourth-order valence-electron chi connectivity index (χ4n) is 7.34. The second-order valence-corrected chi connectivity index (χ2v) is 12.8. The zero-order valence-electron chi connectivity index (χ0n) is 27.4. The first-order valence-corrected chi connectivity index (χ1v) is 15.6. The van der Waals surface area contributed by atoms with Crippen molar-refractivity contribution in [3.05, 3.63) is 35.5 Å². The van der Waals surface area contributed by atoms with E-state index in [-0.39, 0.29) is 73.4 Å². The minimum Gasteiger partial charge on any atom is -1.00 e. The van der Waals surface area contributed by atoms with Crippen LogP contribution in [0.15, 0.2) is 24.3 Å². The van der Waals surface area contributed by atoms with E-state index in [0.717, 1.165) is 50.0 Å². The summed E-state index contributed by atoms with van der Waals surface area (Å²) in [7, 11) is -3.36. The Morgan fingerprint density at radius 3 is 2.43 bits per heavy atom. The second kappa shape index (κ2) is 14.7. The number of phosphoric ester groups is 1. The number of esters is 1. The van der Waals surface area contributed by atoms with Crippen LogP contribution in [0.25, 0.3) is 10.9 Å². The Morgan fingerprint density at radius 2 is 1.80 bits per heavy atom. The van der Waals surface area contributed by atoms with E-state index in [9.17, 15) is 24.7 Å². The number of benzene rings is 1. The number of aliphatic hydroxyl groups is 5. The van der Waals surface area contributed by atoms with Crippen LogP contribution in [0.2, 0.25) is 0 Å². The van der Waals surface area contributed by atoms with Gasteiger partial charge < -0.3 is 52.2 Å². The van der Waals surface area contributed by atoms with Crippen LogP contribution in [0, 0.1) is 5.41 Å². The van der Waals surface area contributed by atoms with Crippen LogP contribution in [-0.2, 0) is 35.5 Å². The molecular weight excluding hydrogens is 621 g/mol. The zero-order valence-corrected chi connectivity index (χ0v) is 30.3. The average Bonchev–Trinajstić information content (AvgIpc) is 3.32. The molecule has 2 aromatic rings. The maximum atomic E-state index is 12.8. The van der Waals surface area contributed by atoms with E-state index < -0.39 is 56.8 Å². The Hall–Kier alpha value is 0.0600. The molecule has 2 saturated heterocycles. The molecule has 44 heavy (non-hydrogen) atoms. The molecule has 0 saturated carbocycles. The van der Waals surface area contributed by atoms with E-state index in [4.69, 9.17) is 24.7 Å². The van der Waals surface area contributed by atoms with Crippen molar-refractivity contribution < 1.29 is 121 Å². The van der Waals surface area contributed by atoms with Crippen LogP contribution in [0.4, 0.5) is 0 Å². The van der Waals surface area contributed by atoms with Crippen LogP contribution in [0.5, 0.6) is 0 Å². The van der Waals surface area contributed by atoms with Crippen molar-refractivity contribution in [2.24, 2.45) is 5.41 Å². The molecule has 0 amide bonds. The molecule has 0 aliphatic carbocycles. The number of hydrogen-bond acceptors (Lipinski definition) is 11. The van der Waals surface area contributed by atoms with E-state index in [1.165, 1.54) is 18.1 Å². The number of aliphatic hydroxyl groups excluding tert-OH is 4. The summed E-state index contributed by atoms with van der Waals surface area (Å²) in [5, 5.41) is 49.6. The largest absolute Gasteiger partial charge is 1.00 e. The molecule has 238 valence electrons. The second-order valence-electron chi connectivity index (χ2n) is 11.5. The van der Waals surface area contributed by atoms with Gasteiger partial charge in [0.25, 0.3) is 0 Å². The number of aromatic nitrogens is 1. The molecule has 2 fully saturated rings. The van der Waals surface area contributed by atoms with Crippen LogP contribution in [0.1, 0.15) is 52.8 Å². The third-order valence-electron chi connectivity index (χ3n) is 9.27. The van der Waals surface area contributed by atoms with E-state index in [0.29, 0.717) is 6.42 Å². The first-order valence-electron chi connectivity index (χ1n) is 14.0. The van der Waals surface area contributed by atoms with E-state index in [1.54, 1.807) is 0 Å². The van der Waals surface area contributed by atoms with Gasteiger partial charge in [-0.1, -0.05) is 25.1 Å². The van der Waals surface area contributed by atoms with Gasteiger partial charge in [-0.05, 0) is 49.3 Å². The fraction of sp³-hybridized carbons (Fsp3) is 0.667. The van der Waals surface area contributed by atoms with Crippen molar-refractivity contribution >= 4 is 24.7 Å². The molecule has 4 aliphatic rings. The predicted molar refractivity (Wildman–Crippen MR) is 148 cm³/mol. The smallest absolute Gasteiger partial charge is 1.00 e. The summed E-state index contributed by atoms with van der Waals surface area (Å²) in [6.07, 6.45) is -3.59. The number of methoxy groups -OCH3 is 1. The van der Waals surface area contributed by atoms with Gasteiger partial charge >= 0.3 is 72.9 Å². The Bertz CT molecular complexity index is 1390. The predicted octanol–water partition coefficient (Wildman–Crippen LogP) is -5.92. The van der Waals surface area contributed by atoms with Crippen LogP contribution in [0.3, 0.4) is 0 Å². The SMILES string of the molecule is CC[C@]12CCCN3CCc4c(n(c5ccccc45)[C@@](O)(C(=O)OC)C1)[C@@H]32.O=P(O)(O)OC[C@H]1O[C@H](O)[C@H](O)[C@@H](O)[C@@H]1O.[H-].[H-].[Na+].[Na+]. The summed E-state index contributed by atoms with van der Waals surface area (Å²) in [6, 6.07) is 8.45. The zero-order chi connectivity index (χ0) is 30.6. The average molecular weight is 663 g/mol. The monoisotopic (exact) mass is 662 g/mol. The third-order valence-corrected chi connectivity index (χ3v) is 9.76. The molecule has 1 aromatic carbocycles. The Morgan fingerprint density at radius 1 is 1.11 bits per heavy atom. The molecule has 4 aliphatic heterocycles. The van der Waals surface area contributed by atoms with Crippen molar-refractivity contribution in [2.45, 2.75) is 81.5 Å². The van der Waals surface area contributed by atoms with Crippen molar-refractivity contribution in [3.8, 4) is 0 Å². The first-order chi connectivity index (χ1) is 19.8. The topological polar surface area (TPSA) is 212 Å². The summed E-state index contributed by atoms with van der Waals surface area (Å²) in [5.41, 5.74) is 1.69. The number of phosphoric acid groups is 1. The van der Waals surface area contributed by atoms with Gasteiger partial charge in [0.05, 0.1) is 25.3 Å². The van der Waals surface area contributed by atoms with Gasteiger partial charge in [0.15, 0.2) is 6.29 Å². The number of para-hydroxylation sites is 1. The van der Waals surface area contributed by atoms with Gasteiger partial charge in [-0.15, -0.1) is 0 Å². The minimum atomic E-state index is -4.73. The summed E-state index contributed by atoms with van der Waals surface area (Å²) >= 11 is 0. The number of fused-ring (bicyclic) bond motifs is 3. The number of carbonyl (C=O) groups is 1. The van der Waals surface area contributed by atoms with Gasteiger partial charge in [-0.25, -0.2) is 9.36 Å². The third kappa shape index (κ3) is 6.81. The standard InChI is InChI=1S/C21H26N2O3.C6H13O9P.2Na.2H/c1-3-20-10-6-11-22-12-9-15-14-7-4-5-8-16(14)23(17(15)18(20)22)21(25,13-20)19(24)26-2;7-3-2(1-14-16(11,12)13)15-6(10)5(9)4(3)8;;;;/h4-5,7-8,18,25H,3,6,9-13H2,1-2H3;2-10H,1H2,(H2,11,12,13);;;;/q;;2*+1;2*-1/t18-,20+,21+;2-,3-,4+,5-,6+;;;;/m11..../s1. The van der Waals surface area contributed by atoms with Crippen molar-refractivity contribution in [3.63, 3.8) is 0 Å². The molecular formula is C27H41N2Na2O12P. The van der Waals surface area contributed by atoms with Gasteiger partial charge in [0.1, 0.15) is 24.4 Å². The van der Waals surface area contributed by atoms with Gasteiger partial charge in [0, 0.05) is 24.0 Å². The Balaban J connectivity index is 0.000000468. The summed E-state index contributed by atoms with van der Waals surface area (Å²) in [6.45, 7) is 3.63. The minimum absolute atomic E-state index is 0. The van der Waals surface area contributed by atoms with E-state index >= 15 is 0 Å². The first kappa shape index (κ1) is 38.5. The molecule has 0 unspecified atom stereocenters. The maximum absolute atomic E-state index is 12.8. The molecule has 14 nitrogen and oxygen atoms in total. The van der Waals surface area contributed by atoms with Crippen molar-refractivity contribution in [2.75, 3.05) is 26.8 Å². The number of ether oxygens (including phenoxy) is 2. The summed E-state index contributed by atoms with van der Waals surface area (Å²) < 4.78 is 26.0. The molecule has 5 heterocycles. The van der Waals surface area contributed by atoms with Crippen LogP contribution in [-0.4, -0.2) is 108 Å².